The number of hydrogen-bond acceptors (Lipinski definition) is 15. The third kappa shape index (κ3) is 351. The summed E-state index contributed by atoms with van der Waals surface area (Å²) in [6, 6.07) is 0. The van der Waals surface area contributed by atoms with Crippen molar-refractivity contribution in [1.29, 1.82) is 0 Å². The molecule has 0 heterocycles. The van der Waals surface area contributed by atoms with Gasteiger partial charge in [-0.1, -0.05) is 163 Å². The molecular weight excluding hydrogens is 1150 g/mol. The van der Waals surface area contributed by atoms with Crippen LogP contribution in [0.15, 0.2) is 185 Å². The zero-order chi connectivity index (χ0) is 73.1. The fraction of sp³-hybridized carbons (Fsp3) is 0.605. The quantitative estimate of drug-likeness (QED) is 0.0343. The van der Waals surface area contributed by atoms with Crippen LogP contribution in [0.5, 0.6) is 0 Å². The molecule has 0 spiro atoms. The van der Waals surface area contributed by atoms with Crippen LogP contribution in [0.25, 0.3) is 0 Å². The molecule has 0 aliphatic heterocycles. The Morgan fingerprint density at radius 3 is 0.681 bits per heavy atom. The molecule has 15 nitrogen and oxygen atoms in total. The highest BCUT2D eigenvalue weighted by Gasteiger charge is 1.77. The lowest BCUT2D eigenvalue weighted by Gasteiger charge is -1.90. The van der Waals surface area contributed by atoms with Crippen molar-refractivity contribution in [1.82, 2.24) is 0 Å². The predicted molar refractivity (Wildman–Crippen MR) is 403 cm³/mol. The number of rotatable bonds is 34. The Morgan fingerprint density at radius 1 is 0.242 bits per heavy atom. The fourth-order valence-corrected chi connectivity index (χ4v) is 3.50. The van der Waals surface area contributed by atoms with E-state index in [1.165, 1.54) is 19.1 Å². The first kappa shape index (κ1) is 123. The van der Waals surface area contributed by atoms with Gasteiger partial charge in [-0.2, -0.15) is 0 Å². The molecule has 0 bridgehead atoms. The molecule has 0 N–H and O–H groups in total. The van der Waals surface area contributed by atoms with Crippen molar-refractivity contribution in [3.63, 3.8) is 0 Å². The van der Waals surface area contributed by atoms with E-state index < -0.39 is 0 Å². The van der Waals surface area contributed by atoms with Gasteiger partial charge < -0.3 is 71.1 Å². The van der Waals surface area contributed by atoms with E-state index in [0.717, 1.165) is 104 Å². The average Bonchev–Trinajstić information content (AvgIpc) is 3.57. The zero-order valence-electron chi connectivity index (χ0n) is 64.3. The molecule has 0 saturated heterocycles. The minimum absolute atomic E-state index is 0.653. The molecule has 0 aromatic rings. The Morgan fingerprint density at radius 2 is 0.527 bits per heavy atom. The lowest BCUT2D eigenvalue weighted by atomic mass is 10.3. The van der Waals surface area contributed by atoms with Crippen molar-refractivity contribution < 1.29 is 71.1 Å². The van der Waals surface area contributed by atoms with Crippen molar-refractivity contribution in [2.75, 3.05) is 160 Å². The van der Waals surface area contributed by atoms with E-state index in [0.29, 0.717) is 6.61 Å². The summed E-state index contributed by atoms with van der Waals surface area (Å²) in [7, 11) is 24.9. The number of allylic oxidation sites excluding steroid dienone is 13. The van der Waals surface area contributed by atoms with Gasteiger partial charge in [0, 0.05) is 76.7 Å². The van der Waals surface area contributed by atoms with Crippen molar-refractivity contribution in [2.24, 2.45) is 0 Å². The second-order valence-corrected chi connectivity index (χ2v) is 15.9. The molecule has 0 aliphatic rings. The normalized spacial score (nSPS) is 9.62. The highest BCUT2D eigenvalue weighted by Crippen LogP contribution is 1.89. The first-order valence-corrected chi connectivity index (χ1v) is 31.2. The molecule has 0 amide bonds. The molecule has 0 aliphatic carbocycles. The van der Waals surface area contributed by atoms with E-state index in [9.17, 15) is 0 Å². The minimum Gasteiger partial charge on any atom is -0.505 e. The van der Waals surface area contributed by atoms with Crippen LogP contribution in [-0.4, -0.2) is 160 Å². The van der Waals surface area contributed by atoms with E-state index in [2.05, 4.69) is 117 Å². The first-order valence-electron chi connectivity index (χ1n) is 31.2. The van der Waals surface area contributed by atoms with Gasteiger partial charge in [0.25, 0.3) is 0 Å². The molecule has 91 heavy (non-hydrogen) atoms. The number of unbranched alkanes of at least 4 members (excludes halogenated alkanes) is 3. The van der Waals surface area contributed by atoms with Crippen LogP contribution in [0.4, 0.5) is 0 Å². The fourth-order valence-electron chi connectivity index (χ4n) is 3.50. The van der Waals surface area contributed by atoms with Crippen molar-refractivity contribution in [2.45, 2.75) is 154 Å². The van der Waals surface area contributed by atoms with Gasteiger partial charge in [-0.3, -0.25) is 0 Å². The number of hydrogen-bond donors (Lipinski definition) is 0. The molecule has 546 valence electrons. The van der Waals surface area contributed by atoms with Gasteiger partial charge >= 0.3 is 0 Å². The van der Waals surface area contributed by atoms with E-state index in [1.54, 1.807) is 150 Å². The van der Waals surface area contributed by atoms with Crippen LogP contribution in [0.1, 0.15) is 154 Å². The highest BCUT2D eigenvalue weighted by molar-refractivity contribution is 4.80. The van der Waals surface area contributed by atoms with E-state index in [-0.39, 0.29) is 0 Å². The topological polar surface area (TPSA) is 138 Å². The van der Waals surface area contributed by atoms with Gasteiger partial charge in [-0.05, 0) is 118 Å². The maximum absolute atomic E-state index is 4.80. The first-order chi connectivity index (χ1) is 44.2. The number of ether oxygens (including phenoxy) is 15. The monoisotopic (exact) mass is 1310 g/mol. The highest BCUT2D eigenvalue weighted by atomic mass is 16.5. The third-order valence-corrected chi connectivity index (χ3v) is 7.64. The summed E-state index contributed by atoms with van der Waals surface area (Å²) >= 11 is 0. The van der Waals surface area contributed by atoms with Gasteiger partial charge in [-0.15, -0.1) is 13.2 Å². The summed E-state index contributed by atoms with van der Waals surface area (Å²) in [4.78, 5) is 0. The Labute approximate surface area is 567 Å². The predicted octanol–water partition coefficient (Wildman–Crippen LogP) is 21.0. The van der Waals surface area contributed by atoms with E-state index in [1.807, 2.05) is 140 Å². The average molecular weight is 1310 g/mol. The largest absolute Gasteiger partial charge is 0.505 e. The summed E-state index contributed by atoms with van der Waals surface area (Å²) < 4.78 is 69.6. The van der Waals surface area contributed by atoms with Gasteiger partial charge in [0.1, 0.15) is 0 Å². The SMILES string of the molecule is C/C=C/CCOC.C/C=C/COC.C/C=C/OC.C/C=C/OC.C/C=C\CCOC.C/C=C\COC.C/C=C\OC.C=CCCCOC.C=CCOC.C=COC.CC/C=C/COC.CC/C=C\COC.CC/C=C\OC.CCC/C=C/OC.CCC/C=C\OC. The summed E-state index contributed by atoms with van der Waals surface area (Å²) in [5, 5.41) is 0. The van der Waals surface area contributed by atoms with Crippen LogP contribution in [0, 0.1) is 0 Å². The second kappa shape index (κ2) is 191. The Hall–Kier alpha value is -5.62. The van der Waals surface area contributed by atoms with Gasteiger partial charge in [0.2, 0.25) is 0 Å². The molecule has 0 atom stereocenters. The molecule has 0 aromatic heterocycles. The van der Waals surface area contributed by atoms with Crippen molar-refractivity contribution >= 4 is 0 Å². The standard InChI is InChI=1S/7C6H12O.3C5H10O.4C4H8O.C3H6O/c7*1-3-4-5-6-7-2;3*1-3-4-5-6-2;4*1-3-4-5-2;1-3-4-2/h2*5-6H,3-4H2,1-2H3;2*4-5H,3,6H2,1-2H3;2*3-4H,5-6H2,1-2H3;3H,1,4-6H2,2H3;4-5H,3H2,1-2H3;2*3-4H,5H2,1-2H3;3*3-4H,1-2H3;3H,1,4H2,2H3;3H,1H2,2H3/b6-5+;6-5-;5-4+;5-4-;4-3+;4-3-;;5-4-;4-3+;4-3-;2*4-3+;4-3-;;. The maximum atomic E-state index is 4.80. The molecule has 0 aromatic carbocycles. The summed E-state index contributed by atoms with van der Waals surface area (Å²) in [6.07, 6.45) is 62.8. The van der Waals surface area contributed by atoms with E-state index >= 15 is 0 Å². The summed E-state index contributed by atoms with van der Waals surface area (Å²) in [6.45, 7) is 40.6. The smallest absolute Gasteiger partial charge is 0.0784 e. The Bertz CT molecular complexity index is 1250. The molecule has 0 rings (SSSR count). The minimum atomic E-state index is 0.653. The molecule has 0 radical (unpaired) electrons. The van der Waals surface area contributed by atoms with Gasteiger partial charge in [-0.25, -0.2) is 0 Å². The number of methoxy groups -OCH3 is 15. The summed E-state index contributed by atoms with van der Waals surface area (Å²) in [5.41, 5.74) is 0. The zero-order valence-corrected chi connectivity index (χ0v) is 64.3. The van der Waals surface area contributed by atoms with Crippen LogP contribution < -0.4 is 0 Å². The van der Waals surface area contributed by atoms with Gasteiger partial charge in [0.05, 0.1) is 127 Å². The molecule has 15 heteroatoms. The maximum Gasteiger partial charge on any atom is 0.0784 e. The van der Waals surface area contributed by atoms with Crippen LogP contribution in [0.2, 0.25) is 0 Å². The van der Waals surface area contributed by atoms with Crippen LogP contribution in [-0.2, 0) is 71.1 Å². The van der Waals surface area contributed by atoms with Gasteiger partial charge in [0.15, 0.2) is 0 Å². The lowest BCUT2D eigenvalue weighted by Crippen LogP contribution is -1.84. The van der Waals surface area contributed by atoms with Crippen molar-refractivity contribution in [3.8, 4) is 0 Å². The second-order valence-electron chi connectivity index (χ2n) is 15.9. The lowest BCUT2D eigenvalue weighted by molar-refractivity contribution is 0.196. The molecule has 0 fully saturated rings. The summed E-state index contributed by atoms with van der Waals surface area (Å²) in [5.74, 6) is 0. The van der Waals surface area contributed by atoms with E-state index in [4.69, 9.17) is 33.2 Å². The van der Waals surface area contributed by atoms with Crippen LogP contribution in [0.3, 0.4) is 0 Å². The van der Waals surface area contributed by atoms with Crippen molar-refractivity contribution in [3.05, 3.63) is 185 Å². The Balaban J connectivity index is -0.0000000524. The third-order valence-electron chi connectivity index (χ3n) is 7.64. The Kier molecular flexibility index (Phi) is 258. The van der Waals surface area contributed by atoms with Crippen LogP contribution >= 0.6 is 0 Å². The molecule has 0 unspecified atom stereocenters. The molecular formula is C76H152O15. The molecule has 0 saturated carbocycles.